The molecule has 4 N–H and O–H groups in total. The zero-order valence-electron chi connectivity index (χ0n) is 27.1. The number of nitro benzene ring substituents is 2. The summed E-state index contributed by atoms with van der Waals surface area (Å²) < 4.78 is 20.8. The Kier molecular flexibility index (Phi) is 21.9. The second kappa shape index (κ2) is 24.3. The van der Waals surface area contributed by atoms with Gasteiger partial charge in [0.25, 0.3) is 11.4 Å². The molecule has 0 bridgehead atoms. The van der Waals surface area contributed by atoms with Gasteiger partial charge in [-0.05, 0) is 34.5 Å². The van der Waals surface area contributed by atoms with E-state index in [0.717, 1.165) is 0 Å². The zero-order valence-corrected chi connectivity index (χ0v) is 33.1. The number of hydrogen-bond donors (Lipinski definition) is 2. The molecule has 4 rings (SSSR count). The third-order valence-corrected chi connectivity index (χ3v) is 5.91. The Labute approximate surface area is 318 Å². The van der Waals surface area contributed by atoms with Crippen LogP contribution >= 0.6 is 19.4 Å². The van der Waals surface area contributed by atoms with E-state index in [1.54, 1.807) is 24.3 Å². The summed E-state index contributed by atoms with van der Waals surface area (Å²) in [7, 11) is 15.8. The number of ether oxygens (including phenoxy) is 4. The van der Waals surface area contributed by atoms with Crippen LogP contribution in [0.5, 0.6) is 23.0 Å². The SMILES string of the molecule is COc1cc(N=Nc2ccc([N+](=O)[O-])cc2)c(OC)cc1N=[NH2+].COc1cc(N=Nc2ccc([N+](=O)[O-])cc2)c(OC)cc1N=[NH2+].[Cl-].[Cl-].[Cl][Zn][Cl]. The second-order valence-corrected chi connectivity index (χ2v) is 13.3. The van der Waals surface area contributed by atoms with Crippen molar-refractivity contribution in [2.45, 2.75) is 0 Å². The minimum absolute atomic E-state index is 0. The fourth-order valence-electron chi connectivity index (χ4n) is 3.59. The minimum atomic E-state index is -0.931. The van der Waals surface area contributed by atoms with Crippen LogP contribution in [0.2, 0.25) is 0 Å². The maximum absolute atomic E-state index is 10.6. The molecular formula is C28H28Cl4N10O8Zn. The van der Waals surface area contributed by atoms with Crippen LogP contribution in [0.25, 0.3) is 0 Å². The molecule has 4 aromatic rings. The summed E-state index contributed by atoms with van der Waals surface area (Å²) >= 11 is -0.931. The summed E-state index contributed by atoms with van der Waals surface area (Å²) in [6.07, 6.45) is 0. The number of nitrogens with zero attached hydrogens (tertiary/aromatic N) is 8. The van der Waals surface area contributed by atoms with E-state index in [1.165, 1.54) is 77.0 Å². The van der Waals surface area contributed by atoms with Crippen LogP contribution in [-0.2, 0) is 15.1 Å². The molecule has 18 nitrogen and oxygen atoms in total. The molecule has 0 aliphatic carbocycles. The van der Waals surface area contributed by atoms with Crippen molar-refractivity contribution in [2.75, 3.05) is 28.4 Å². The number of nitrogens with two attached hydrogens (primary N) is 2. The van der Waals surface area contributed by atoms with E-state index < -0.39 is 25.0 Å². The molecule has 0 amide bonds. The first kappa shape index (κ1) is 46.1. The Bertz CT molecular complexity index is 1690. The average Bonchev–Trinajstić information content (AvgIpc) is 3.13. The van der Waals surface area contributed by atoms with Gasteiger partial charge in [0.15, 0.2) is 22.9 Å². The van der Waals surface area contributed by atoms with E-state index in [1.807, 2.05) is 0 Å². The summed E-state index contributed by atoms with van der Waals surface area (Å²) in [5, 5.41) is 44.6. The molecule has 0 aliphatic heterocycles. The van der Waals surface area contributed by atoms with Crippen LogP contribution in [0.3, 0.4) is 0 Å². The van der Waals surface area contributed by atoms with Gasteiger partial charge in [-0.1, -0.05) is 0 Å². The monoisotopic (exact) mass is 836 g/mol. The Hall–Kier alpha value is -4.94. The molecule has 0 atom stereocenters. The van der Waals surface area contributed by atoms with Gasteiger partial charge in [0, 0.05) is 48.5 Å². The van der Waals surface area contributed by atoms with Crippen molar-refractivity contribution in [3.05, 3.63) is 93.0 Å². The van der Waals surface area contributed by atoms with E-state index in [-0.39, 0.29) is 36.2 Å². The molecule has 4 aromatic carbocycles. The van der Waals surface area contributed by atoms with Gasteiger partial charge in [-0.15, -0.1) is 10.2 Å². The summed E-state index contributed by atoms with van der Waals surface area (Å²) in [4.78, 5) is 20.3. The van der Waals surface area contributed by atoms with Crippen molar-refractivity contribution in [2.24, 2.45) is 30.7 Å². The van der Waals surface area contributed by atoms with Crippen molar-refractivity contribution in [1.29, 1.82) is 0 Å². The summed E-state index contributed by atoms with van der Waals surface area (Å²) in [6.45, 7) is 0. The number of methoxy groups -OCH3 is 4. The second-order valence-electron chi connectivity index (χ2n) is 8.70. The molecule has 0 radical (unpaired) electrons. The molecule has 0 aliphatic rings. The Morgan fingerprint density at radius 1 is 0.549 bits per heavy atom. The van der Waals surface area contributed by atoms with Gasteiger partial charge in [0.05, 0.1) is 49.7 Å². The van der Waals surface area contributed by atoms with E-state index in [0.29, 0.717) is 57.1 Å². The molecule has 0 saturated heterocycles. The average molecular weight is 840 g/mol. The first-order valence-corrected chi connectivity index (χ1v) is 21.2. The number of hydrogen-bond acceptors (Lipinski definition) is 14. The zero-order chi connectivity index (χ0) is 36.3. The van der Waals surface area contributed by atoms with Gasteiger partial charge in [-0.2, -0.15) is 21.3 Å². The molecule has 23 heteroatoms. The first-order valence-electron chi connectivity index (χ1n) is 13.4. The van der Waals surface area contributed by atoms with Crippen LogP contribution in [0.15, 0.2) is 103 Å². The fourth-order valence-corrected chi connectivity index (χ4v) is 3.59. The molecular weight excluding hydrogens is 812 g/mol. The van der Waals surface area contributed by atoms with E-state index in [4.69, 9.17) is 49.4 Å². The number of non-ortho nitro benzene ring substituents is 2. The maximum atomic E-state index is 10.6. The molecule has 51 heavy (non-hydrogen) atoms. The van der Waals surface area contributed by atoms with E-state index in [9.17, 15) is 20.2 Å². The molecule has 0 saturated carbocycles. The quantitative estimate of drug-likeness (QED) is 0.0904. The van der Waals surface area contributed by atoms with Gasteiger partial charge in [-0.3, -0.25) is 20.2 Å². The molecule has 268 valence electrons. The summed E-state index contributed by atoms with van der Waals surface area (Å²) in [5.41, 5.74) is 13.1. The third-order valence-electron chi connectivity index (χ3n) is 5.91. The van der Waals surface area contributed by atoms with Crippen molar-refractivity contribution in [1.82, 2.24) is 0 Å². The van der Waals surface area contributed by atoms with E-state index >= 15 is 0 Å². The van der Waals surface area contributed by atoms with E-state index in [2.05, 4.69) is 30.7 Å². The molecule has 0 fully saturated rings. The first-order chi connectivity index (χ1) is 23.6. The Morgan fingerprint density at radius 2 is 0.804 bits per heavy atom. The number of benzene rings is 4. The summed E-state index contributed by atoms with van der Waals surface area (Å²) in [5.74, 6) is 1.68. The molecule has 0 unspecified atom stereocenters. The third kappa shape index (κ3) is 14.1. The number of halogens is 4. The van der Waals surface area contributed by atoms with Crippen LogP contribution < -0.4 is 54.8 Å². The van der Waals surface area contributed by atoms with Gasteiger partial charge >= 0.3 is 34.5 Å². The Morgan fingerprint density at radius 3 is 1.04 bits per heavy atom. The van der Waals surface area contributed by atoms with Crippen LogP contribution in [0.4, 0.5) is 45.5 Å². The van der Waals surface area contributed by atoms with Crippen LogP contribution in [0.1, 0.15) is 0 Å². The van der Waals surface area contributed by atoms with Crippen molar-refractivity contribution >= 4 is 64.9 Å². The standard InChI is InChI=1S/2C14H13N5O4.4ClH.Zn/c2*1-22-13-8-12(14(23-2)7-11(13)16-15)18-17-9-3-5-10(6-4-9)19(20)21;;;;;/h2*3-8,15H,1-2H3;4*1H;/q;;;;;;+2/p-2. The molecule has 0 heterocycles. The van der Waals surface area contributed by atoms with Gasteiger partial charge in [0.1, 0.15) is 22.9 Å². The molecule has 0 aromatic heterocycles. The normalized spacial score (nSPS) is 9.69. The van der Waals surface area contributed by atoms with Crippen molar-refractivity contribution in [3.8, 4) is 23.0 Å². The number of azo groups is 2. The van der Waals surface area contributed by atoms with Gasteiger partial charge in [-0.25, -0.2) is 0 Å². The molecule has 0 spiro atoms. The van der Waals surface area contributed by atoms with Crippen molar-refractivity contribution < 1.29 is 79.8 Å². The van der Waals surface area contributed by atoms with Crippen molar-refractivity contribution in [3.63, 3.8) is 0 Å². The predicted molar refractivity (Wildman–Crippen MR) is 173 cm³/mol. The Balaban J connectivity index is 0.000000878. The number of rotatable bonds is 12. The predicted octanol–water partition coefficient (Wildman–Crippen LogP) is 1.12. The fraction of sp³-hybridized carbons (Fsp3) is 0.143. The summed E-state index contributed by atoms with van der Waals surface area (Å²) in [6, 6.07) is 17.7. The number of nitro groups is 2. The van der Waals surface area contributed by atoms with Crippen LogP contribution in [-0.4, -0.2) is 38.3 Å². The topological polar surface area (TPSA) is 249 Å². The van der Waals surface area contributed by atoms with Gasteiger partial charge in [0.2, 0.25) is 0 Å². The van der Waals surface area contributed by atoms with Gasteiger partial charge < -0.3 is 43.8 Å². The van der Waals surface area contributed by atoms with Crippen LogP contribution in [0, 0.1) is 20.2 Å².